The van der Waals surface area contributed by atoms with Gasteiger partial charge in [-0.1, -0.05) is 36.4 Å². The summed E-state index contributed by atoms with van der Waals surface area (Å²) in [4.78, 5) is 80.0. The standard InChI is InChI=1S/2C10H15N.3H3O4P/c2*1-3-11(4-2)10-8-6-5-7-9-10;3*1-5(2,3)4/h2*5-9H,3-4H2,1-2H3;3*(H3,1,2,3,4)/p-7. The Hall–Kier alpha value is -1.31. The first-order valence-electron chi connectivity index (χ1n) is 10.8. The Bertz CT molecular complexity index is 808. The lowest BCUT2D eigenvalue weighted by Gasteiger charge is -2.36. The van der Waals surface area contributed by atoms with Gasteiger partial charge in [-0.15, -0.1) is 0 Å². The average Bonchev–Trinajstić information content (AvgIpc) is 2.74. The van der Waals surface area contributed by atoms with Gasteiger partial charge in [-0.3, -0.25) is 0 Å². The summed E-state index contributed by atoms with van der Waals surface area (Å²) in [6, 6.07) is 21.2. The van der Waals surface area contributed by atoms with E-state index in [9.17, 15) is 0 Å². The monoisotopic (exact) mass is 585 g/mol. The number of hydrogen-bond donors (Lipinski definition) is 2. The van der Waals surface area contributed by atoms with Gasteiger partial charge in [0, 0.05) is 0 Å². The van der Waals surface area contributed by atoms with Crippen LogP contribution in [0, 0.1) is 0 Å². The highest BCUT2D eigenvalue weighted by atomic mass is 31.2. The van der Waals surface area contributed by atoms with Crippen LogP contribution in [0.25, 0.3) is 0 Å². The third-order valence-electron chi connectivity index (χ3n) is 4.07. The summed E-state index contributed by atoms with van der Waals surface area (Å²) in [5.74, 6) is 0. The number of benzene rings is 2. The molecule has 2 N–H and O–H groups in total. The fourth-order valence-electron chi connectivity index (χ4n) is 2.66. The predicted molar refractivity (Wildman–Crippen MR) is 119 cm³/mol. The van der Waals surface area contributed by atoms with E-state index in [1.54, 1.807) is 9.80 Å². The van der Waals surface area contributed by atoms with E-state index in [1.165, 1.54) is 37.6 Å². The van der Waals surface area contributed by atoms with E-state index < -0.39 is 23.5 Å². The van der Waals surface area contributed by atoms with Gasteiger partial charge < -0.3 is 67.5 Å². The van der Waals surface area contributed by atoms with E-state index >= 15 is 0 Å². The number of nitrogens with one attached hydrogen (secondary N) is 2. The lowest BCUT2D eigenvalue weighted by Crippen LogP contribution is -3.06. The van der Waals surface area contributed by atoms with Gasteiger partial charge in [-0.05, 0) is 52.0 Å². The predicted octanol–water partition coefficient (Wildman–Crippen LogP) is -5.99. The molecule has 0 aliphatic heterocycles. The largest absolute Gasteiger partial charge is 0.822 e. The van der Waals surface area contributed by atoms with Crippen molar-refractivity contribution in [2.45, 2.75) is 27.7 Å². The molecule has 0 unspecified atom stereocenters. The number of para-hydroxylation sites is 2. The van der Waals surface area contributed by atoms with Crippen LogP contribution in [0.2, 0.25) is 0 Å². The minimum Gasteiger partial charge on any atom is -0.822 e. The number of rotatable bonds is 6. The number of hydrogen-bond acceptors (Lipinski definition) is 12. The molecule has 0 saturated heterocycles. The second-order valence-corrected chi connectivity index (χ2v) is 9.38. The van der Waals surface area contributed by atoms with Crippen molar-refractivity contribution < 1.29 is 67.5 Å². The molecule has 0 aliphatic rings. The zero-order valence-electron chi connectivity index (χ0n) is 20.8. The lowest BCUT2D eigenvalue weighted by atomic mass is 10.3. The Balaban J connectivity index is -0.000000415. The van der Waals surface area contributed by atoms with Gasteiger partial charge in [-0.25, -0.2) is 0 Å². The van der Waals surface area contributed by atoms with Crippen LogP contribution in [0.15, 0.2) is 60.7 Å². The van der Waals surface area contributed by atoms with Crippen molar-refractivity contribution in [3.05, 3.63) is 60.7 Å². The van der Waals surface area contributed by atoms with Gasteiger partial charge in [0.05, 0.1) is 26.2 Å². The molecule has 17 heteroatoms. The maximum Gasteiger partial charge on any atom is 0.131 e. The molecule has 14 nitrogen and oxygen atoms in total. The summed E-state index contributed by atoms with van der Waals surface area (Å²) < 4.78 is 25.6. The molecule has 0 heterocycles. The lowest BCUT2D eigenvalue weighted by molar-refractivity contribution is -0.828. The fourth-order valence-corrected chi connectivity index (χ4v) is 2.66. The van der Waals surface area contributed by atoms with Gasteiger partial charge in [0.1, 0.15) is 11.4 Å². The Labute approximate surface area is 217 Å². The van der Waals surface area contributed by atoms with Crippen LogP contribution in [-0.2, 0) is 13.7 Å². The van der Waals surface area contributed by atoms with E-state index in [4.69, 9.17) is 57.7 Å². The van der Waals surface area contributed by atoms with Crippen molar-refractivity contribution in [2.75, 3.05) is 26.2 Å². The maximum absolute atomic E-state index is 8.55. The van der Waals surface area contributed by atoms with Crippen molar-refractivity contribution in [3.8, 4) is 0 Å². The molecule has 0 amide bonds. The Morgan fingerprint density at radius 3 is 0.757 bits per heavy atom. The molecular formula is C20H32N2O12P3-7. The molecule has 0 atom stereocenters. The van der Waals surface area contributed by atoms with Gasteiger partial charge >= 0.3 is 0 Å². The summed E-state index contributed by atoms with van der Waals surface area (Å²) >= 11 is 0. The van der Waals surface area contributed by atoms with E-state index in [0.29, 0.717) is 0 Å². The van der Waals surface area contributed by atoms with E-state index in [-0.39, 0.29) is 0 Å². The molecule has 0 fully saturated rings. The van der Waals surface area contributed by atoms with E-state index in [0.717, 1.165) is 0 Å². The summed E-state index contributed by atoms with van der Waals surface area (Å²) in [5.41, 5.74) is 2.80. The first-order valence-corrected chi connectivity index (χ1v) is 15.1. The minimum atomic E-state index is -5.39. The zero-order valence-corrected chi connectivity index (χ0v) is 23.5. The van der Waals surface area contributed by atoms with Crippen LogP contribution in [0.5, 0.6) is 0 Å². The van der Waals surface area contributed by atoms with Crippen LogP contribution in [0.3, 0.4) is 0 Å². The molecule has 0 aromatic heterocycles. The molecule has 0 radical (unpaired) electrons. The average molecular weight is 585 g/mol. The highest BCUT2D eigenvalue weighted by Crippen LogP contribution is 2.04. The second-order valence-electron chi connectivity index (χ2n) is 6.70. The highest BCUT2D eigenvalue weighted by Gasteiger charge is 2.04. The van der Waals surface area contributed by atoms with Crippen molar-refractivity contribution in [2.24, 2.45) is 0 Å². The topological polar surface area (TPSA) is 268 Å². The molecule has 2 aromatic rings. The molecule has 0 bridgehead atoms. The van der Waals surface area contributed by atoms with Crippen molar-refractivity contribution in [1.29, 1.82) is 0 Å². The first-order chi connectivity index (χ1) is 16.8. The number of quaternary nitrogens is 2. The van der Waals surface area contributed by atoms with Crippen molar-refractivity contribution in [1.82, 2.24) is 0 Å². The number of phosphoric acid groups is 3. The Kier molecular flexibility index (Phi) is 23.5. The molecule has 216 valence electrons. The normalized spacial score (nSPS) is 11.0. The molecular weight excluding hydrogens is 553 g/mol. The third-order valence-corrected chi connectivity index (χ3v) is 4.07. The quantitative estimate of drug-likeness (QED) is 0.300. The van der Waals surface area contributed by atoms with Crippen LogP contribution >= 0.6 is 23.5 Å². The molecule has 37 heavy (non-hydrogen) atoms. The highest BCUT2D eigenvalue weighted by molar-refractivity contribution is 7.40. The zero-order chi connectivity index (χ0) is 29.7. The van der Waals surface area contributed by atoms with Crippen LogP contribution in [0.1, 0.15) is 27.7 Å². The molecule has 2 rings (SSSR count). The van der Waals surface area contributed by atoms with Crippen LogP contribution in [0.4, 0.5) is 11.4 Å². The fraction of sp³-hybridized carbons (Fsp3) is 0.400. The van der Waals surface area contributed by atoms with Crippen molar-refractivity contribution >= 4 is 34.8 Å². The molecule has 0 spiro atoms. The summed E-state index contributed by atoms with van der Waals surface area (Å²) in [5, 5.41) is 0. The van der Waals surface area contributed by atoms with Crippen LogP contribution < -0.4 is 53.8 Å². The van der Waals surface area contributed by atoms with Crippen molar-refractivity contribution in [3.63, 3.8) is 0 Å². The minimum absolute atomic E-state index is 1.17. The summed E-state index contributed by atoms with van der Waals surface area (Å²) in [6.45, 7) is 13.5. The van der Waals surface area contributed by atoms with Gasteiger partial charge in [-0.2, -0.15) is 23.5 Å². The Morgan fingerprint density at radius 1 is 0.459 bits per heavy atom. The van der Waals surface area contributed by atoms with Gasteiger partial charge in [0.25, 0.3) is 0 Å². The second kappa shape index (κ2) is 21.6. The first kappa shape index (κ1) is 40.2. The summed E-state index contributed by atoms with van der Waals surface area (Å²) in [7, 11) is -16.2. The van der Waals surface area contributed by atoms with Crippen LogP contribution in [-0.4, -0.2) is 26.2 Å². The van der Waals surface area contributed by atoms with Gasteiger partial charge in [0.15, 0.2) is 0 Å². The Morgan fingerprint density at radius 2 is 0.622 bits per heavy atom. The smallest absolute Gasteiger partial charge is 0.131 e. The third kappa shape index (κ3) is 39.4. The van der Waals surface area contributed by atoms with E-state index in [1.807, 2.05) is 0 Å². The molecule has 0 saturated carbocycles. The maximum atomic E-state index is 8.55. The van der Waals surface area contributed by atoms with Gasteiger partial charge in [0.2, 0.25) is 0 Å². The molecule has 0 aliphatic carbocycles. The van der Waals surface area contributed by atoms with E-state index in [2.05, 4.69) is 88.4 Å². The SMILES string of the molecule is CC[NH+](CC)c1ccccc1.CC[NH+](CC)c1ccccc1.O=P([O-])([O-])[O-].O=P([O-])([O-])[O-].O=P([O-])([O-])[O-]. The molecule has 2 aromatic carbocycles. The summed E-state index contributed by atoms with van der Waals surface area (Å²) in [6.07, 6.45) is 0.